The molecule has 2 aromatic heterocycles. The Hall–Kier alpha value is -2.42. The van der Waals surface area contributed by atoms with Crippen LogP contribution in [-0.2, 0) is 6.54 Å². The number of rotatable bonds is 3. The molecular formula is C16H15N3. The highest BCUT2D eigenvalue weighted by molar-refractivity contribution is 5.92. The van der Waals surface area contributed by atoms with Gasteiger partial charge in [0.1, 0.15) is 0 Å². The van der Waals surface area contributed by atoms with E-state index in [4.69, 9.17) is 0 Å². The molecule has 0 saturated carbocycles. The van der Waals surface area contributed by atoms with E-state index in [1.807, 2.05) is 43.7 Å². The molecule has 94 valence electrons. The van der Waals surface area contributed by atoms with Gasteiger partial charge in [0.2, 0.25) is 0 Å². The number of nitrogens with one attached hydrogen (secondary N) is 1. The van der Waals surface area contributed by atoms with Crippen molar-refractivity contribution >= 4 is 16.5 Å². The molecule has 0 aliphatic heterocycles. The van der Waals surface area contributed by atoms with E-state index in [1.165, 1.54) is 10.9 Å². The fraction of sp³-hybridized carbons (Fsp3) is 0.125. The number of nitrogens with zero attached hydrogens (tertiary/aromatic N) is 2. The molecule has 0 aliphatic rings. The Labute approximate surface area is 112 Å². The van der Waals surface area contributed by atoms with E-state index in [0.29, 0.717) is 6.54 Å². The Morgan fingerprint density at radius 2 is 2.00 bits per heavy atom. The van der Waals surface area contributed by atoms with Crippen LogP contribution in [-0.4, -0.2) is 9.97 Å². The van der Waals surface area contributed by atoms with Gasteiger partial charge >= 0.3 is 0 Å². The number of pyridine rings is 2. The summed E-state index contributed by atoms with van der Waals surface area (Å²) in [5.74, 6) is 0. The monoisotopic (exact) mass is 249 g/mol. The first-order chi connectivity index (χ1) is 9.33. The van der Waals surface area contributed by atoms with E-state index in [1.54, 1.807) is 0 Å². The molecule has 0 amide bonds. The fourth-order valence-corrected chi connectivity index (χ4v) is 2.06. The molecule has 19 heavy (non-hydrogen) atoms. The van der Waals surface area contributed by atoms with Gasteiger partial charge in [-0.15, -0.1) is 0 Å². The van der Waals surface area contributed by atoms with Crippen LogP contribution in [0, 0.1) is 6.92 Å². The van der Waals surface area contributed by atoms with Crippen molar-refractivity contribution in [2.24, 2.45) is 0 Å². The van der Waals surface area contributed by atoms with Crippen molar-refractivity contribution in [3.05, 3.63) is 66.2 Å². The maximum atomic E-state index is 4.40. The van der Waals surface area contributed by atoms with Crippen LogP contribution < -0.4 is 5.32 Å². The number of hydrogen-bond acceptors (Lipinski definition) is 3. The van der Waals surface area contributed by atoms with Gasteiger partial charge in [-0.3, -0.25) is 9.97 Å². The third kappa shape index (κ3) is 2.55. The molecule has 0 spiro atoms. The van der Waals surface area contributed by atoms with Gasteiger partial charge in [-0.2, -0.15) is 0 Å². The molecule has 3 rings (SSSR count). The largest absolute Gasteiger partial charge is 0.379 e. The molecule has 0 radical (unpaired) electrons. The van der Waals surface area contributed by atoms with Crippen LogP contribution in [0.2, 0.25) is 0 Å². The van der Waals surface area contributed by atoms with Crippen LogP contribution in [0.5, 0.6) is 0 Å². The molecular weight excluding hydrogens is 234 g/mol. The lowest BCUT2D eigenvalue weighted by Gasteiger charge is -2.09. The van der Waals surface area contributed by atoms with Crippen LogP contribution in [0.25, 0.3) is 10.8 Å². The lowest BCUT2D eigenvalue weighted by molar-refractivity contribution is 1.04. The Balaban J connectivity index is 1.84. The van der Waals surface area contributed by atoms with Gasteiger partial charge in [0.15, 0.2) is 0 Å². The molecule has 0 aliphatic carbocycles. The van der Waals surface area contributed by atoms with Crippen LogP contribution in [0.1, 0.15) is 11.3 Å². The highest BCUT2D eigenvalue weighted by atomic mass is 14.9. The average Bonchev–Trinajstić information content (AvgIpc) is 2.47. The topological polar surface area (TPSA) is 37.8 Å². The number of fused-ring (bicyclic) bond motifs is 1. The maximum Gasteiger partial charge on any atom is 0.0594 e. The summed E-state index contributed by atoms with van der Waals surface area (Å²) in [6, 6.07) is 12.3. The summed E-state index contributed by atoms with van der Waals surface area (Å²) in [4.78, 5) is 8.58. The lowest BCUT2D eigenvalue weighted by atomic mass is 10.1. The molecule has 1 N–H and O–H groups in total. The molecule has 0 unspecified atom stereocenters. The molecule has 0 bridgehead atoms. The van der Waals surface area contributed by atoms with Crippen LogP contribution >= 0.6 is 0 Å². The molecule has 3 aromatic rings. The predicted octanol–water partition coefficient (Wildman–Crippen LogP) is 3.55. The molecule has 0 atom stereocenters. The van der Waals surface area contributed by atoms with Crippen molar-refractivity contribution in [3.8, 4) is 0 Å². The second-order valence-electron chi connectivity index (χ2n) is 4.58. The van der Waals surface area contributed by atoms with Crippen molar-refractivity contribution in [1.82, 2.24) is 9.97 Å². The van der Waals surface area contributed by atoms with E-state index in [9.17, 15) is 0 Å². The highest BCUT2D eigenvalue weighted by Gasteiger charge is 2.00. The zero-order valence-corrected chi connectivity index (χ0v) is 10.8. The number of aromatic nitrogens is 2. The van der Waals surface area contributed by atoms with E-state index >= 15 is 0 Å². The molecule has 3 heteroatoms. The Kier molecular flexibility index (Phi) is 3.11. The third-order valence-electron chi connectivity index (χ3n) is 3.12. The Bertz CT molecular complexity index is 684. The first-order valence-corrected chi connectivity index (χ1v) is 6.31. The third-order valence-corrected chi connectivity index (χ3v) is 3.12. The zero-order valence-electron chi connectivity index (χ0n) is 10.8. The fourth-order valence-electron chi connectivity index (χ4n) is 2.06. The molecule has 0 fully saturated rings. The van der Waals surface area contributed by atoms with E-state index in [0.717, 1.165) is 16.8 Å². The molecule has 1 aromatic carbocycles. The lowest BCUT2D eigenvalue weighted by Crippen LogP contribution is -2.02. The first kappa shape index (κ1) is 11.7. The van der Waals surface area contributed by atoms with E-state index in [-0.39, 0.29) is 0 Å². The van der Waals surface area contributed by atoms with Gasteiger partial charge in [0, 0.05) is 29.7 Å². The minimum absolute atomic E-state index is 0.717. The minimum atomic E-state index is 0.717. The van der Waals surface area contributed by atoms with Crippen molar-refractivity contribution in [2.75, 3.05) is 5.32 Å². The minimum Gasteiger partial charge on any atom is -0.379 e. The summed E-state index contributed by atoms with van der Waals surface area (Å²) in [5, 5.41) is 5.75. The van der Waals surface area contributed by atoms with E-state index in [2.05, 4.69) is 33.5 Å². The van der Waals surface area contributed by atoms with Crippen molar-refractivity contribution in [2.45, 2.75) is 13.5 Å². The second kappa shape index (κ2) is 5.06. The van der Waals surface area contributed by atoms with Crippen LogP contribution in [0.15, 0.2) is 55.0 Å². The Morgan fingerprint density at radius 1 is 1.05 bits per heavy atom. The first-order valence-electron chi connectivity index (χ1n) is 6.31. The average molecular weight is 249 g/mol. The zero-order chi connectivity index (χ0) is 13.1. The van der Waals surface area contributed by atoms with Gasteiger partial charge < -0.3 is 5.32 Å². The van der Waals surface area contributed by atoms with Crippen molar-refractivity contribution in [3.63, 3.8) is 0 Å². The predicted molar refractivity (Wildman–Crippen MR) is 78.0 cm³/mol. The smallest absolute Gasteiger partial charge is 0.0594 e. The normalized spacial score (nSPS) is 10.6. The quantitative estimate of drug-likeness (QED) is 0.771. The number of anilines is 1. The summed E-state index contributed by atoms with van der Waals surface area (Å²) in [6.07, 6.45) is 5.59. The standard InChI is InChI=1S/C16H15N3/c1-12-5-6-14(18-9-12)10-19-16-4-2-3-13-7-8-17-11-15(13)16/h2-9,11,19H,10H2,1H3. The molecule has 2 heterocycles. The van der Waals surface area contributed by atoms with Gasteiger partial charge in [-0.25, -0.2) is 0 Å². The Morgan fingerprint density at radius 3 is 2.84 bits per heavy atom. The van der Waals surface area contributed by atoms with Crippen molar-refractivity contribution < 1.29 is 0 Å². The SMILES string of the molecule is Cc1ccc(CNc2cccc3ccncc23)nc1. The summed E-state index contributed by atoms with van der Waals surface area (Å²) in [5.41, 5.74) is 3.30. The molecule has 3 nitrogen and oxygen atoms in total. The van der Waals surface area contributed by atoms with Crippen molar-refractivity contribution in [1.29, 1.82) is 0 Å². The summed E-state index contributed by atoms with van der Waals surface area (Å²) in [7, 11) is 0. The number of aryl methyl sites for hydroxylation is 1. The van der Waals surface area contributed by atoms with Gasteiger partial charge in [0.05, 0.1) is 12.2 Å². The number of benzene rings is 1. The van der Waals surface area contributed by atoms with Gasteiger partial charge in [0.25, 0.3) is 0 Å². The van der Waals surface area contributed by atoms with Crippen LogP contribution in [0.3, 0.4) is 0 Å². The molecule has 0 saturated heterocycles. The summed E-state index contributed by atoms with van der Waals surface area (Å²) < 4.78 is 0. The summed E-state index contributed by atoms with van der Waals surface area (Å²) in [6.45, 7) is 2.76. The summed E-state index contributed by atoms with van der Waals surface area (Å²) >= 11 is 0. The number of hydrogen-bond donors (Lipinski definition) is 1. The highest BCUT2D eigenvalue weighted by Crippen LogP contribution is 2.22. The van der Waals surface area contributed by atoms with Gasteiger partial charge in [-0.05, 0) is 36.1 Å². The van der Waals surface area contributed by atoms with Gasteiger partial charge in [-0.1, -0.05) is 18.2 Å². The maximum absolute atomic E-state index is 4.40. The van der Waals surface area contributed by atoms with E-state index < -0.39 is 0 Å². The van der Waals surface area contributed by atoms with Crippen LogP contribution in [0.4, 0.5) is 5.69 Å². The second-order valence-corrected chi connectivity index (χ2v) is 4.58.